The van der Waals surface area contributed by atoms with Crippen molar-refractivity contribution in [2.24, 2.45) is 5.73 Å². The van der Waals surface area contributed by atoms with Gasteiger partial charge in [0, 0.05) is 0 Å². The predicted octanol–water partition coefficient (Wildman–Crippen LogP) is -0.374. The zero-order valence-electron chi connectivity index (χ0n) is 5.94. The molecule has 0 bridgehead atoms. The summed E-state index contributed by atoms with van der Waals surface area (Å²) in [5.74, 6) is -0.871. The Hall–Kier alpha value is -1.59. The molecule has 2 N–H and O–H groups in total. The van der Waals surface area contributed by atoms with E-state index in [1.807, 2.05) is 0 Å². The molecule has 0 atom stereocenters. The maximum atomic E-state index is 10.6. The van der Waals surface area contributed by atoms with E-state index in [2.05, 4.69) is 4.74 Å². The van der Waals surface area contributed by atoms with Crippen molar-refractivity contribution in [3.63, 3.8) is 0 Å². The van der Waals surface area contributed by atoms with Crippen LogP contribution in [0.3, 0.4) is 0 Å². The number of nitrogens with zero attached hydrogens (tertiary/aromatic N) is 1. The van der Waals surface area contributed by atoms with Crippen LogP contribution in [0.15, 0.2) is 11.9 Å². The van der Waals surface area contributed by atoms with Gasteiger partial charge >= 0.3 is 5.97 Å². The van der Waals surface area contributed by atoms with Crippen molar-refractivity contribution in [2.45, 2.75) is 6.92 Å². The number of carbonyl (C=O) groups is 1. The number of nitro groups is 1. The van der Waals surface area contributed by atoms with Crippen molar-refractivity contribution in [2.75, 3.05) is 6.61 Å². The number of hydrogen-bond acceptors (Lipinski definition) is 5. The average molecular weight is 160 g/mol. The molecule has 0 aliphatic heterocycles. The zero-order valence-corrected chi connectivity index (χ0v) is 5.94. The molecular weight excluding hydrogens is 152 g/mol. The van der Waals surface area contributed by atoms with Crippen molar-refractivity contribution in [3.05, 3.63) is 22.0 Å². The zero-order chi connectivity index (χ0) is 8.85. The maximum Gasteiger partial charge on any atom is 0.360 e. The summed E-state index contributed by atoms with van der Waals surface area (Å²) in [6.07, 6.45) is 0.401. The predicted molar refractivity (Wildman–Crippen MR) is 35.9 cm³/mol. The van der Waals surface area contributed by atoms with E-state index >= 15 is 0 Å². The highest BCUT2D eigenvalue weighted by Crippen LogP contribution is 1.88. The smallest absolute Gasteiger partial charge is 0.360 e. The minimum atomic E-state index is -0.871. The summed E-state index contributed by atoms with van der Waals surface area (Å²) in [7, 11) is 0. The van der Waals surface area contributed by atoms with Gasteiger partial charge in [0.15, 0.2) is 5.70 Å². The first-order chi connectivity index (χ1) is 5.07. The fourth-order valence-corrected chi connectivity index (χ4v) is 0.381. The van der Waals surface area contributed by atoms with Crippen LogP contribution in [0.4, 0.5) is 0 Å². The lowest BCUT2D eigenvalue weighted by atomic mass is 10.5. The highest BCUT2D eigenvalue weighted by Gasteiger charge is 2.08. The number of hydrogen-bond donors (Lipinski definition) is 1. The molecule has 0 aromatic carbocycles. The van der Waals surface area contributed by atoms with Crippen molar-refractivity contribution in [3.8, 4) is 0 Å². The van der Waals surface area contributed by atoms with Crippen LogP contribution in [0.2, 0.25) is 0 Å². The largest absolute Gasteiger partial charge is 0.461 e. The van der Waals surface area contributed by atoms with Gasteiger partial charge in [0.25, 0.3) is 6.20 Å². The van der Waals surface area contributed by atoms with Crippen LogP contribution >= 0.6 is 0 Å². The molecule has 0 fully saturated rings. The van der Waals surface area contributed by atoms with Gasteiger partial charge in [-0.2, -0.15) is 0 Å². The fraction of sp³-hybridized carbons (Fsp3) is 0.400. The van der Waals surface area contributed by atoms with E-state index in [4.69, 9.17) is 5.73 Å². The number of esters is 1. The third kappa shape index (κ3) is 3.90. The van der Waals surface area contributed by atoms with Crippen LogP contribution in [0.25, 0.3) is 0 Å². The maximum absolute atomic E-state index is 10.6. The summed E-state index contributed by atoms with van der Waals surface area (Å²) in [6, 6.07) is 0. The summed E-state index contributed by atoms with van der Waals surface area (Å²) < 4.78 is 4.37. The topological polar surface area (TPSA) is 95.5 Å². The Kier molecular flexibility index (Phi) is 3.65. The standard InChI is InChI=1S/C5H8N2O4/c1-2-11-5(8)4(6)3-7(9)10/h3H,2,6H2,1H3/b4-3-. The number of rotatable bonds is 3. The Morgan fingerprint density at radius 3 is 2.73 bits per heavy atom. The molecule has 6 heteroatoms. The molecule has 0 radical (unpaired) electrons. The third-order valence-corrected chi connectivity index (χ3v) is 0.756. The van der Waals surface area contributed by atoms with Crippen molar-refractivity contribution < 1.29 is 14.5 Å². The Labute approximate surface area is 62.8 Å². The molecule has 0 spiro atoms. The first kappa shape index (κ1) is 9.41. The monoisotopic (exact) mass is 160 g/mol. The number of nitrogens with two attached hydrogens (primary N) is 1. The van der Waals surface area contributed by atoms with Crippen molar-refractivity contribution >= 4 is 5.97 Å². The van der Waals surface area contributed by atoms with Gasteiger partial charge in [-0.05, 0) is 6.92 Å². The second kappa shape index (κ2) is 4.26. The molecule has 11 heavy (non-hydrogen) atoms. The summed E-state index contributed by atoms with van der Waals surface area (Å²) in [5.41, 5.74) is 4.45. The summed E-state index contributed by atoms with van der Waals surface area (Å²) >= 11 is 0. The first-order valence-electron chi connectivity index (χ1n) is 2.85. The molecule has 0 aromatic rings. The van der Waals surface area contributed by atoms with Gasteiger partial charge in [-0.25, -0.2) is 4.79 Å². The SMILES string of the molecule is CCOC(=O)/C(N)=C/[N+](=O)[O-]. The van der Waals surface area contributed by atoms with E-state index in [-0.39, 0.29) is 6.61 Å². The van der Waals surface area contributed by atoms with Crippen molar-refractivity contribution in [1.82, 2.24) is 0 Å². The van der Waals surface area contributed by atoms with E-state index in [9.17, 15) is 14.9 Å². The van der Waals surface area contributed by atoms with E-state index in [0.29, 0.717) is 6.20 Å². The van der Waals surface area contributed by atoms with Gasteiger partial charge in [0.1, 0.15) is 0 Å². The van der Waals surface area contributed by atoms with Gasteiger partial charge in [0.05, 0.1) is 11.5 Å². The molecule has 0 saturated carbocycles. The lowest BCUT2D eigenvalue weighted by Gasteiger charge is -1.97. The van der Waals surface area contributed by atoms with Crippen LogP contribution in [-0.2, 0) is 9.53 Å². The van der Waals surface area contributed by atoms with E-state index in [0.717, 1.165) is 0 Å². The molecular formula is C5H8N2O4. The van der Waals surface area contributed by atoms with E-state index < -0.39 is 16.6 Å². The lowest BCUT2D eigenvalue weighted by Crippen LogP contribution is -2.15. The van der Waals surface area contributed by atoms with E-state index in [1.165, 1.54) is 0 Å². The highest BCUT2D eigenvalue weighted by molar-refractivity contribution is 5.86. The molecule has 0 aromatic heterocycles. The fourth-order valence-electron chi connectivity index (χ4n) is 0.381. The van der Waals surface area contributed by atoms with Crippen LogP contribution in [-0.4, -0.2) is 17.5 Å². The van der Waals surface area contributed by atoms with Gasteiger partial charge in [-0.15, -0.1) is 0 Å². The molecule has 0 unspecified atom stereocenters. The Morgan fingerprint density at radius 2 is 2.36 bits per heavy atom. The molecule has 6 nitrogen and oxygen atoms in total. The van der Waals surface area contributed by atoms with Gasteiger partial charge in [-0.1, -0.05) is 0 Å². The summed E-state index contributed by atoms with van der Waals surface area (Å²) in [4.78, 5) is 19.5. The summed E-state index contributed by atoms with van der Waals surface area (Å²) in [5, 5.41) is 9.76. The average Bonchev–Trinajstić information content (AvgIpc) is 1.86. The molecule has 62 valence electrons. The highest BCUT2D eigenvalue weighted by atomic mass is 16.6. The van der Waals surface area contributed by atoms with E-state index in [1.54, 1.807) is 6.92 Å². The second-order valence-corrected chi connectivity index (χ2v) is 1.59. The van der Waals surface area contributed by atoms with Crippen LogP contribution in [0, 0.1) is 10.1 Å². The van der Waals surface area contributed by atoms with Crippen LogP contribution in [0.1, 0.15) is 6.92 Å². The summed E-state index contributed by atoms with van der Waals surface area (Å²) in [6.45, 7) is 1.72. The molecule has 0 amide bonds. The van der Waals surface area contributed by atoms with Gasteiger partial charge in [0.2, 0.25) is 0 Å². The molecule has 0 saturated heterocycles. The molecule has 0 aliphatic carbocycles. The molecule has 0 rings (SSSR count). The third-order valence-electron chi connectivity index (χ3n) is 0.756. The quantitative estimate of drug-likeness (QED) is 0.263. The Bertz CT molecular complexity index is 199. The van der Waals surface area contributed by atoms with Crippen LogP contribution in [0.5, 0.6) is 0 Å². The molecule has 0 aliphatic rings. The first-order valence-corrected chi connectivity index (χ1v) is 2.85. The number of ether oxygens (including phenoxy) is 1. The second-order valence-electron chi connectivity index (χ2n) is 1.59. The Morgan fingerprint density at radius 1 is 1.82 bits per heavy atom. The van der Waals surface area contributed by atoms with Crippen molar-refractivity contribution in [1.29, 1.82) is 0 Å². The minimum Gasteiger partial charge on any atom is -0.461 e. The molecule has 0 heterocycles. The normalized spacial score (nSPS) is 10.8. The minimum absolute atomic E-state index is 0.144. The van der Waals surface area contributed by atoms with Crippen LogP contribution < -0.4 is 5.73 Å². The lowest BCUT2D eigenvalue weighted by molar-refractivity contribution is -0.403. The number of carbonyl (C=O) groups excluding carboxylic acids is 1. The van der Waals surface area contributed by atoms with Gasteiger partial charge < -0.3 is 10.5 Å². The Balaban J connectivity index is 4.12. The van der Waals surface area contributed by atoms with Gasteiger partial charge in [-0.3, -0.25) is 10.1 Å².